The first-order chi connectivity index (χ1) is 8.56. The van der Waals surface area contributed by atoms with Crippen LogP contribution in [0.4, 0.5) is 4.79 Å². The molecule has 0 aromatic carbocycles. The molecule has 0 aromatic heterocycles. The van der Waals surface area contributed by atoms with Gasteiger partial charge in [0.25, 0.3) is 0 Å². The van der Waals surface area contributed by atoms with Gasteiger partial charge in [-0.05, 0) is 13.3 Å². The van der Waals surface area contributed by atoms with E-state index < -0.39 is 18.0 Å². The number of carboxylic acid groups (broad SMARTS) is 1. The van der Waals surface area contributed by atoms with Crippen LogP contribution >= 0.6 is 0 Å². The normalized spacial score (nSPS) is 24.0. The largest absolute Gasteiger partial charge is 0.481 e. The van der Waals surface area contributed by atoms with Gasteiger partial charge in [-0.1, -0.05) is 0 Å². The molecule has 0 bridgehead atoms. The van der Waals surface area contributed by atoms with E-state index in [2.05, 4.69) is 5.32 Å². The van der Waals surface area contributed by atoms with Crippen molar-refractivity contribution >= 4 is 12.1 Å². The molecular weight excluding hydrogens is 238 g/mol. The summed E-state index contributed by atoms with van der Waals surface area (Å²) in [5.74, 6) is -1.48. The maximum atomic E-state index is 11.3. The summed E-state index contributed by atoms with van der Waals surface area (Å²) in [5, 5.41) is 20.3. The highest BCUT2D eigenvalue weighted by Gasteiger charge is 2.32. The highest BCUT2D eigenvalue weighted by atomic mass is 16.5. The number of carbonyl (C=O) groups excluding carboxylic acids is 1. The Morgan fingerprint density at radius 1 is 1.56 bits per heavy atom. The van der Waals surface area contributed by atoms with Crippen LogP contribution < -0.4 is 5.32 Å². The van der Waals surface area contributed by atoms with Gasteiger partial charge in [-0.25, -0.2) is 4.79 Å². The lowest BCUT2D eigenvalue weighted by Crippen LogP contribution is -2.52. The fourth-order valence-corrected chi connectivity index (χ4v) is 2.04. The lowest BCUT2D eigenvalue weighted by atomic mass is 9.94. The minimum Gasteiger partial charge on any atom is -0.481 e. The molecular formula is C11H17N3O4. The third kappa shape index (κ3) is 4.22. The van der Waals surface area contributed by atoms with Gasteiger partial charge in [0.1, 0.15) is 0 Å². The van der Waals surface area contributed by atoms with Gasteiger partial charge in [0.05, 0.1) is 25.1 Å². The molecule has 100 valence electrons. The Hall–Kier alpha value is -1.81. The van der Waals surface area contributed by atoms with Crippen LogP contribution in [0.1, 0.15) is 13.3 Å². The Morgan fingerprint density at radius 2 is 2.28 bits per heavy atom. The number of likely N-dealkylation sites (tertiary alicyclic amines) is 1. The molecule has 1 rings (SSSR count). The Bertz CT molecular complexity index is 353. The van der Waals surface area contributed by atoms with Crippen LogP contribution in [-0.4, -0.2) is 54.4 Å². The monoisotopic (exact) mass is 255 g/mol. The van der Waals surface area contributed by atoms with Gasteiger partial charge in [-0.15, -0.1) is 0 Å². The molecule has 2 atom stereocenters. The highest BCUT2D eigenvalue weighted by Crippen LogP contribution is 2.17. The molecule has 2 unspecified atom stereocenters. The molecule has 0 radical (unpaired) electrons. The molecule has 0 aromatic rings. The molecule has 1 aliphatic rings. The second kappa shape index (κ2) is 6.81. The van der Waals surface area contributed by atoms with Crippen molar-refractivity contribution in [3.8, 4) is 6.07 Å². The van der Waals surface area contributed by atoms with Crippen LogP contribution in [0.25, 0.3) is 0 Å². The molecule has 0 spiro atoms. The first-order valence-electron chi connectivity index (χ1n) is 5.82. The molecule has 1 saturated heterocycles. The van der Waals surface area contributed by atoms with Gasteiger partial charge in [-0.2, -0.15) is 5.26 Å². The summed E-state index contributed by atoms with van der Waals surface area (Å²) in [6.07, 6.45) is -0.193. The predicted octanol–water partition coefficient (Wildman–Crippen LogP) is 0.0312. The van der Waals surface area contributed by atoms with Gasteiger partial charge < -0.3 is 15.2 Å². The summed E-state index contributed by atoms with van der Waals surface area (Å²) < 4.78 is 4.75. The van der Waals surface area contributed by atoms with E-state index in [4.69, 9.17) is 15.1 Å². The van der Waals surface area contributed by atoms with E-state index in [0.29, 0.717) is 19.5 Å². The molecule has 0 saturated carbocycles. The lowest BCUT2D eigenvalue weighted by Gasteiger charge is -2.34. The Morgan fingerprint density at radius 3 is 2.83 bits per heavy atom. The van der Waals surface area contributed by atoms with Crippen molar-refractivity contribution in [2.75, 3.05) is 26.2 Å². The topological polar surface area (TPSA) is 103 Å². The van der Waals surface area contributed by atoms with E-state index in [1.165, 1.54) is 0 Å². The number of nitrogens with one attached hydrogen (secondary N) is 1. The minimum atomic E-state index is -0.909. The summed E-state index contributed by atoms with van der Waals surface area (Å²) in [6.45, 7) is 2.93. The maximum absolute atomic E-state index is 11.3. The summed E-state index contributed by atoms with van der Waals surface area (Å²) >= 11 is 0. The molecule has 18 heavy (non-hydrogen) atoms. The molecule has 2 N–H and O–H groups in total. The number of aliphatic carboxylic acids is 1. The number of piperidine rings is 1. The number of ether oxygens (including phenoxy) is 1. The van der Waals surface area contributed by atoms with Crippen LogP contribution in [0, 0.1) is 17.2 Å². The third-order valence-electron chi connectivity index (χ3n) is 2.77. The zero-order valence-corrected chi connectivity index (χ0v) is 10.3. The Kier molecular flexibility index (Phi) is 5.39. The van der Waals surface area contributed by atoms with Crippen molar-refractivity contribution in [2.45, 2.75) is 19.4 Å². The van der Waals surface area contributed by atoms with Crippen molar-refractivity contribution in [2.24, 2.45) is 5.92 Å². The van der Waals surface area contributed by atoms with Crippen LogP contribution in [0.15, 0.2) is 0 Å². The van der Waals surface area contributed by atoms with Gasteiger partial charge in [0.15, 0.2) is 0 Å². The van der Waals surface area contributed by atoms with E-state index in [-0.39, 0.29) is 19.2 Å². The third-order valence-corrected chi connectivity index (χ3v) is 2.77. The van der Waals surface area contributed by atoms with Crippen LogP contribution in [0.5, 0.6) is 0 Å². The number of hydrogen-bond donors (Lipinski definition) is 2. The average Bonchev–Trinajstić information content (AvgIpc) is 2.29. The van der Waals surface area contributed by atoms with Gasteiger partial charge >= 0.3 is 12.1 Å². The summed E-state index contributed by atoms with van der Waals surface area (Å²) in [7, 11) is 0. The van der Waals surface area contributed by atoms with Crippen LogP contribution in [-0.2, 0) is 9.53 Å². The molecule has 1 amide bonds. The molecule has 7 heteroatoms. The Labute approximate surface area is 105 Å². The van der Waals surface area contributed by atoms with E-state index in [1.807, 2.05) is 6.07 Å². The van der Waals surface area contributed by atoms with Crippen LogP contribution in [0.3, 0.4) is 0 Å². The first kappa shape index (κ1) is 14.3. The summed E-state index contributed by atoms with van der Waals surface area (Å²) in [4.78, 5) is 24.0. The number of nitriles is 1. The minimum absolute atomic E-state index is 0.158. The number of hydrogen-bond acceptors (Lipinski definition) is 5. The van der Waals surface area contributed by atoms with Crippen molar-refractivity contribution in [1.29, 1.82) is 5.26 Å². The second-order valence-corrected chi connectivity index (χ2v) is 4.18. The van der Waals surface area contributed by atoms with Crippen molar-refractivity contribution in [3.05, 3.63) is 0 Å². The fourth-order valence-electron chi connectivity index (χ4n) is 2.04. The van der Waals surface area contributed by atoms with E-state index >= 15 is 0 Å². The predicted molar refractivity (Wildman–Crippen MR) is 61.7 cm³/mol. The average molecular weight is 255 g/mol. The standard InChI is InChI=1S/C11H17N3O4/c1-2-18-11(17)13-9-5-8(10(15)16)6-14(7-9)4-3-12/h8-9H,2,4-7H2,1H3,(H,13,17)(H,15,16). The van der Waals surface area contributed by atoms with Crippen LogP contribution in [0.2, 0.25) is 0 Å². The van der Waals surface area contributed by atoms with Crippen molar-refractivity contribution in [3.63, 3.8) is 0 Å². The van der Waals surface area contributed by atoms with Gasteiger partial charge in [-0.3, -0.25) is 9.69 Å². The highest BCUT2D eigenvalue weighted by molar-refractivity contribution is 5.71. The molecule has 1 aliphatic heterocycles. The number of carbonyl (C=O) groups is 2. The van der Waals surface area contributed by atoms with E-state index in [1.54, 1.807) is 11.8 Å². The SMILES string of the molecule is CCOC(=O)NC1CC(C(=O)O)CN(CC#N)C1. The molecule has 7 nitrogen and oxygen atoms in total. The zero-order chi connectivity index (χ0) is 13.5. The lowest BCUT2D eigenvalue weighted by molar-refractivity contribution is -0.143. The number of alkyl carbamates (subject to hydrolysis) is 1. The summed E-state index contributed by atoms with van der Waals surface area (Å²) in [6, 6.07) is 1.69. The summed E-state index contributed by atoms with van der Waals surface area (Å²) in [5.41, 5.74) is 0. The maximum Gasteiger partial charge on any atom is 0.407 e. The fraction of sp³-hybridized carbons (Fsp3) is 0.727. The second-order valence-electron chi connectivity index (χ2n) is 4.18. The van der Waals surface area contributed by atoms with Crippen molar-refractivity contribution < 1.29 is 19.4 Å². The molecule has 1 heterocycles. The number of carboxylic acids is 1. The van der Waals surface area contributed by atoms with Gasteiger partial charge in [0, 0.05) is 19.1 Å². The van der Waals surface area contributed by atoms with Crippen molar-refractivity contribution in [1.82, 2.24) is 10.2 Å². The Balaban J connectivity index is 2.58. The molecule has 0 aliphatic carbocycles. The van der Waals surface area contributed by atoms with Gasteiger partial charge in [0.2, 0.25) is 0 Å². The smallest absolute Gasteiger partial charge is 0.407 e. The zero-order valence-electron chi connectivity index (χ0n) is 10.3. The number of nitrogens with zero attached hydrogens (tertiary/aromatic N) is 2. The molecule has 1 fully saturated rings. The first-order valence-corrected chi connectivity index (χ1v) is 5.82. The number of rotatable bonds is 4. The van der Waals surface area contributed by atoms with E-state index in [0.717, 1.165) is 0 Å². The van der Waals surface area contributed by atoms with E-state index in [9.17, 15) is 9.59 Å². The number of amides is 1. The quantitative estimate of drug-likeness (QED) is 0.687.